The molecular formula is C18H19ClN4O7S. The highest BCUT2D eigenvalue weighted by Gasteiger charge is 2.24. The van der Waals surface area contributed by atoms with Crippen LogP contribution < -0.4 is 19.2 Å². The molecule has 31 heavy (non-hydrogen) atoms. The Morgan fingerprint density at radius 3 is 2.45 bits per heavy atom. The van der Waals surface area contributed by atoms with Crippen molar-refractivity contribution in [3.63, 3.8) is 0 Å². The molecule has 0 bridgehead atoms. The van der Waals surface area contributed by atoms with E-state index >= 15 is 0 Å². The third-order valence-electron chi connectivity index (χ3n) is 3.90. The van der Waals surface area contributed by atoms with Crippen molar-refractivity contribution in [1.82, 2.24) is 5.43 Å². The number of hydrogen-bond acceptors (Lipinski definition) is 8. The first kappa shape index (κ1) is 23.9. The molecule has 2 aromatic carbocycles. The molecule has 1 N–H and O–H groups in total. The van der Waals surface area contributed by atoms with Crippen molar-refractivity contribution in [2.75, 3.05) is 31.3 Å². The van der Waals surface area contributed by atoms with Gasteiger partial charge < -0.3 is 9.47 Å². The number of sulfonamides is 1. The van der Waals surface area contributed by atoms with Crippen molar-refractivity contribution in [2.45, 2.75) is 0 Å². The van der Waals surface area contributed by atoms with Gasteiger partial charge in [0.15, 0.2) is 5.75 Å². The fourth-order valence-corrected chi connectivity index (χ4v) is 3.53. The lowest BCUT2D eigenvalue weighted by Gasteiger charge is -2.23. The standard InChI is InChI=1S/C18H19ClN4O7S/c1-29-16-7-5-13(19)9-14(16)22(31(3,27)28)11-18(24)21-20-10-12-4-6-17(30-2)15(8-12)23(25)26/h4-10H,11H2,1-3H3,(H,21,24)/b20-10+. The van der Waals surface area contributed by atoms with Crippen LogP contribution in [0.25, 0.3) is 0 Å². The number of methoxy groups -OCH3 is 2. The van der Waals surface area contributed by atoms with Crippen LogP contribution in [0.1, 0.15) is 5.56 Å². The summed E-state index contributed by atoms with van der Waals surface area (Å²) < 4.78 is 35.4. The van der Waals surface area contributed by atoms with Crippen LogP contribution in [0.5, 0.6) is 11.5 Å². The monoisotopic (exact) mass is 470 g/mol. The minimum absolute atomic E-state index is 0.0745. The number of nitro benzene ring substituents is 1. The first-order valence-corrected chi connectivity index (χ1v) is 10.7. The molecule has 0 saturated heterocycles. The van der Waals surface area contributed by atoms with Crippen LogP contribution in [0.4, 0.5) is 11.4 Å². The maximum absolute atomic E-state index is 12.3. The quantitative estimate of drug-likeness (QED) is 0.336. The Morgan fingerprint density at radius 1 is 1.23 bits per heavy atom. The SMILES string of the molecule is COc1ccc(Cl)cc1N(CC(=O)N/N=C/c1ccc(OC)c([N+](=O)[O-])c1)S(C)(=O)=O. The topological polar surface area (TPSA) is 140 Å². The van der Waals surface area contributed by atoms with Gasteiger partial charge >= 0.3 is 5.69 Å². The lowest BCUT2D eigenvalue weighted by Crippen LogP contribution is -2.39. The summed E-state index contributed by atoms with van der Waals surface area (Å²) in [5.41, 5.74) is 2.32. The van der Waals surface area contributed by atoms with Gasteiger partial charge in [-0.2, -0.15) is 5.10 Å². The van der Waals surface area contributed by atoms with Gasteiger partial charge in [-0.25, -0.2) is 13.8 Å². The maximum Gasteiger partial charge on any atom is 0.311 e. The van der Waals surface area contributed by atoms with E-state index in [0.29, 0.717) is 5.56 Å². The van der Waals surface area contributed by atoms with Crippen molar-refractivity contribution in [1.29, 1.82) is 0 Å². The van der Waals surface area contributed by atoms with Gasteiger partial charge in [-0.3, -0.25) is 19.2 Å². The largest absolute Gasteiger partial charge is 0.495 e. The van der Waals surface area contributed by atoms with Crippen molar-refractivity contribution < 1.29 is 27.6 Å². The summed E-state index contributed by atoms with van der Waals surface area (Å²) in [5, 5.41) is 15.0. The summed E-state index contributed by atoms with van der Waals surface area (Å²) in [6.45, 7) is -0.602. The molecule has 11 nitrogen and oxygen atoms in total. The second-order valence-electron chi connectivity index (χ2n) is 6.07. The summed E-state index contributed by atoms with van der Waals surface area (Å²) >= 11 is 5.95. The zero-order valence-electron chi connectivity index (χ0n) is 16.7. The molecule has 0 aliphatic rings. The summed E-state index contributed by atoms with van der Waals surface area (Å²) in [4.78, 5) is 22.7. The minimum Gasteiger partial charge on any atom is -0.495 e. The first-order chi connectivity index (χ1) is 14.6. The molecule has 0 radical (unpaired) electrons. The van der Waals surface area contributed by atoms with Gasteiger partial charge in [0, 0.05) is 16.7 Å². The van der Waals surface area contributed by atoms with Gasteiger partial charge in [-0.05, 0) is 30.3 Å². The lowest BCUT2D eigenvalue weighted by molar-refractivity contribution is -0.385. The van der Waals surface area contributed by atoms with E-state index in [1.807, 2.05) is 0 Å². The van der Waals surface area contributed by atoms with Gasteiger partial charge in [-0.1, -0.05) is 11.6 Å². The van der Waals surface area contributed by atoms with E-state index < -0.39 is 27.4 Å². The molecule has 0 spiro atoms. The Hall–Kier alpha value is -3.38. The Balaban J connectivity index is 2.19. The molecule has 0 fully saturated rings. The smallest absolute Gasteiger partial charge is 0.311 e. The summed E-state index contributed by atoms with van der Waals surface area (Å²) in [7, 11) is -1.21. The summed E-state index contributed by atoms with van der Waals surface area (Å²) in [5.74, 6) is -0.478. The van der Waals surface area contributed by atoms with E-state index in [1.54, 1.807) is 0 Å². The average Bonchev–Trinajstić information content (AvgIpc) is 2.71. The van der Waals surface area contributed by atoms with Crippen molar-refractivity contribution >= 4 is 45.1 Å². The number of nitrogens with one attached hydrogen (secondary N) is 1. The molecule has 2 rings (SSSR count). The van der Waals surface area contributed by atoms with Gasteiger partial charge in [0.25, 0.3) is 5.91 Å². The number of hydrogen-bond donors (Lipinski definition) is 1. The number of hydrazone groups is 1. The molecular weight excluding hydrogens is 452 g/mol. The van der Waals surface area contributed by atoms with E-state index in [0.717, 1.165) is 10.6 Å². The van der Waals surface area contributed by atoms with Gasteiger partial charge in [0.05, 0.1) is 37.3 Å². The molecule has 0 saturated carbocycles. The van der Waals surface area contributed by atoms with Crippen molar-refractivity contribution in [3.8, 4) is 11.5 Å². The summed E-state index contributed by atoms with van der Waals surface area (Å²) in [6.07, 6.45) is 2.11. The number of anilines is 1. The highest BCUT2D eigenvalue weighted by atomic mass is 35.5. The van der Waals surface area contributed by atoms with Gasteiger partial charge in [0.1, 0.15) is 12.3 Å². The third kappa shape index (κ3) is 6.30. The van der Waals surface area contributed by atoms with Crippen LogP contribution in [-0.4, -0.2) is 52.5 Å². The number of rotatable bonds is 9. The molecule has 2 aromatic rings. The highest BCUT2D eigenvalue weighted by molar-refractivity contribution is 7.92. The Bertz CT molecular complexity index is 1120. The summed E-state index contributed by atoms with van der Waals surface area (Å²) in [6, 6.07) is 8.45. The number of ether oxygens (including phenoxy) is 2. The van der Waals surface area contributed by atoms with E-state index in [4.69, 9.17) is 21.1 Å². The fourth-order valence-electron chi connectivity index (χ4n) is 2.51. The van der Waals surface area contributed by atoms with E-state index in [9.17, 15) is 23.3 Å². The van der Waals surface area contributed by atoms with E-state index in [-0.39, 0.29) is 27.9 Å². The Labute approximate surface area is 183 Å². The molecule has 0 aromatic heterocycles. The van der Waals surface area contributed by atoms with Crippen LogP contribution in [0, 0.1) is 10.1 Å². The van der Waals surface area contributed by atoms with Crippen LogP contribution >= 0.6 is 11.6 Å². The Morgan fingerprint density at radius 2 is 1.87 bits per heavy atom. The lowest BCUT2D eigenvalue weighted by atomic mass is 10.2. The average molecular weight is 471 g/mol. The molecule has 0 heterocycles. The molecule has 0 unspecified atom stereocenters. The number of carbonyl (C=O) groups excluding carboxylic acids is 1. The number of nitro groups is 1. The van der Waals surface area contributed by atoms with E-state index in [2.05, 4.69) is 10.5 Å². The maximum atomic E-state index is 12.3. The fraction of sp³-hybridized carbons (Fsp3) is 0.222. The van der Waals surface area contributed by atoms with Crippen LogP contribution in [0.15, 0.2) is 41.5 Å². The number of carbonyl (C=O) groups is 1. The van der Waals surface area contributed by atoms with E-state index in [1.165, 1.54) is 56.8 Å². The van der Waals surface area contributed by atoms with Gasteiger partial charge in [0.2, 0.25) is 10.0 Å². The molecule has 13 heteroatoms. The number of halogens is 1. The number of benzene rings is 2. The normalized spacial score (nSPS) is 11.2. The minimum atomic E-state index is -3.87. The Kier molecular flexibility index (Phi) is 7.78. The second-order valence-corrected chi connectivity index (χ2v) is 8.41. The zero-order chi connectivity index (χ0) is 23.2. The third-order valence-corrected chi connectivity index (χ3v) is 5.26. The molecule has 166 valence electrons. The second kappa shape index (κ2) is 10.1. The predicted molar refractivity (Wildman–Crippen MR) is 116 cm³/mol. The molecule has 0 aliphatic carbocycles. The van der Waals surface area contributed by atoms with Crippen LogP contribution in [0.3, 0.4) is 0 Å². The number of amides is 1. The molecule has 0 atom stereocenters. The van der Waals surface area contributed by atoms with Crippen molar-refractivity contribution in [3.05, 3.63) is 57.1 Å². The van der Waals surface area contributed by atoms with Gasteiger partial charge in [-0.15, -0.1) is 0 Å². The van der Waals surface area contributed by atoms with Crippen molar-refractivity contribution in [2.24, 2.45) is 5.10 Å². The van der Waals surface area contributed by atoms with Crippen LogP contribution in [0.2, 0.25) is 5.02 Å². The highest BCUT2D eigenvalue weighted by Crippen LogP contribution is 2.32. The van der Waals surface area contributed by atoms with Crippen LogP contribution in [-0.2, 0) is 14.8 Å². The molecule has 0 aliphatic heterocycles. The molecule has 1 amide bonds. The predicted octanol–water partition coefficient (Wildman–Crippen LogP) is 2.18. The first-order valence-electron chi connectivity index (χ1n) is 8.52. The number of nitrogens with zero attached hydrogens (tertiary/aromatic N) is 3. The zero-order valence-corrected chi connectivity index (χ0v) is 18.3.